The van der Waals surface area contributed by atoms with Gasteiger partial charge < -0.3 is 28.4 Å². The number of hydrogen-bond donors (Lipinski definition) is 1. The molecule has 2 aliphatic heterocycles. The molecule has 2 saturated heterocycles. The van der Waals surface area contributed by atoms with Gasteiger partial charge in [0.15, 0.2) is 12.4 Å². The molecule has 0 aromatic heterocycles. The fraction of sp³-hybridized carbons (Fsp3) is 0.500. The van der Waals surface area contributed by atoms with Crippen LogP contribution in [0.3, 0.4) is 0 Å². The van der Waals surface area contributed by atoms with Gasteiger partial charge in [-0.15, -0.1) is 6.58 Å². The van der Waals surface area contributed by atoms with Crippen LogP contribution >= 0.6 is 34.8 Å². The summed E-state index contributed by atoms with van der Waals surface area (Å²) in [6.45, 7) is 5.15. The van der Waals surface area contributed by atoms with Crippen molar-refractivity contribution in [2.75, 3.05) is 13.2 Å². The molecule has 0 amide bonds. The van der Waals surface area contributed by atoms with E-state index in [2.05, 4.69) is 6.58 Å². The van der Waals surface area contributed by atoms with Gasteiger partial charge in [0, 0.05) is 12.5 Å². The third-order valence-electron chi connectivity index (χ3n) is 4.56. The minimum Gasteiger partial charge on any atom is -0.453 e. The molecule has 2 aliphatic rings. The van der Waals surface area contributed by atoms with E-state index in [1.54, 1.807) is 6.08 Å². The van der Waals surface area contributed by atoms with Gasteiger partial charge >= 0.3 is 5.97 Å². The normalized spacial score (nSPS) is 30.7. The summed E-state index contributed by atoms with van der Waals surface area (Å²) in [5.41, 5.74) is 0.809. The van der Waals surface area contributed by atoms with Crippen molar-refractivity contribution in [3.8, 4) is 0 Å². The molecule has 3 rings (SSSR count). The summed E-state index contributed by atoms with van der Waals surface area (Å²) >= 11 is 17.2. The highest BCUT2D eigenvalue weighted by atomic mass is 35.6. The van der Waals surface area contributed by atoms with E-state index in [1.165, 1.54) is 6.92 Å². The van der Waals surface area contributed by atoms with Crippen molar-refractivity contribution in [3.05, 3.63) is 48.6 Å². The summed E-state index contributed by atoms with van der Waals surface area (Å²) in [6.07, 6.45) is -3.69. The van der Waals surface area contributed by atoms with Crippen LogP contribution in [0.1, 0.15) is 18.8 Å². The Balaban J connectivity index is 1.87. The summed E-state index contributed by atoms with van der Waals surface area (Å²) in [7, 11) is 0. The summed E-state index contributed by atoms with van der Waals surface area (Å²) in [5, 5.41) is 7.87. The summed E-state index contributed by atoms with van der Waals surface area (Å²) in [6, 6.07) is 9.35. The maximum absolute atomic E-state index is 11.8. The summed E-state index contributed by atoms with van der Waals surface area (Å²) in [5.74, 6) is -1.31. The standard InChI is InChI=1S/C20H22Cl3NO7/c1-3-9-26-15-14-13(10-27-17(30-14)12-7-5-4-6-8-12)29-18(16(15)28-11(2)25)31-19(24)20(21,22)23/h3-8,13-18,24H,1,9-10H2,2H3/t13-,14-,15+,16-,17?,18-/m1/s1. The summed E-state index contributed by atoms with van der Waals surface area (Å²) in [4.78, 5) is 11.8. The smallest absolute Gasteiger partial charge is 0.303 e. The molecule has 0 radical (unpaired) electrons. The number of fused-ring (bicyclic) bond motifs is 1. The molecule has 1 N–H and O–H groups in total. The first-order chi connectivity index (χ1) is 14.7. The predicted molar refractivity (Wildman–Crippen MR) is 113 cm³/mol. The Labute approximate surface area is 194 Å². The van der Waals surface area contributed by atoms with Crippen LogP contribution in [-0.4, -0.2) is 59.6 Å². The Morgan fingerprint density at radius 2 is 1.94 bits per heavy atom. The average Bonchev–Trinajstić information content (AvgIpc) is 2.72. The second-order valence-electron chi connectivity index (χ2n) is 6.82. The van der Waals surface area contributed by atoms with Gasteiger partial charge in [-0.3, -0.25) is 10.2 Å². The highest BCUT2D eigenvalue weighted by Gasteiger charge is 2.54. The van der Waals surface area contributed by atoms with Crippen LogP contribution in [0.4, 0.5) is 0 Å². The largest absolute Gasteiger partial charge is 0.453 e. The number of nitrogens with one attached hydrogen (secondary N) is 1. The van der Waals surface area contributed by atoms with E-state index in [0.29, 0.717) is 0 Å². The van der Waals surface area contributed by atoms with Crippen LogP contribution in [0, 0.1) is 5.41 Å². The number of halogens is 3. The minimum atomic E-state index is -2.13. The Hall–Kier alpha value is -1.39. The van der Waals surface area contributed by atoms with Crippen molar-refractivity contribution < 1.29 is 33.2 Å². The van der Waals surface area contributed by atoms with Crippen molar-refractivity contribution in [3.63, 3.8) is 0 Å². The summed E-state index contributed by atoms with van der Waals surface area (Å²) < 4.78 is 32.4. The third-order valence-corrected chi connectivity index (χ3v) is 5.07. The fourth-order valence-electron chi connectivity index (χ4n) is 3.29. The van der Waals surface area contributed by atoms with Crippen LogP contribution in [0.2, 0.25) is 0 Å². The molecule has 0 spiro atoms. The lowest BCUT2D eigenvalue weighted by atomic mass is 9.97. The average molecular weight is 495 g/mol. The van der Waals surface area contributed by atoms with Crippen LogP contribution in [-0.2, 0) is 33.2 Å². The van der Waals surface area contributed by atoms with Crippen molar-refractivity contribution in [2.45, 2.75) is 47.7 Å². The maximum Gasteiger partial charge on any atom is 0.303 e. The molecular formula is C20H22Cl3NO7. The molecule has 1 aromatic carbocycles. The number of benzene rings is 1. The number of carbonyl (C=O) groups excluding carboxylic acids is 1. The first-order valence-corrected chi connectivity index (χ1v) is 10.5. The van der Waals surface area contributed by atoms with Gasteiger partial charge in [0.25, 0.3) is 3.79 Å². The van der Waals surface area contributed by atoms with Gasteiger partial charge in [-0.1, -0.05) is 71.2 Å². The van der Waals surface area contributed by atoms with Crippen molar-refractivity contribution >= 4 is 46.7 Å². The van der Waals surface area contributed by atoms with Crippen LogP contribution in [0.5, 0.6) is 0 Å². The van der Waals surface area contributed by atoms with Crippen LogP contribution in [0.15, 0.2) is 43.0 Å². The second-order valence-corrected chi connectivity index (χ2v) is 9.11. The molecule has 6 atom stereocenters. The SMILES string of the molecule is C=CCO[C@@H]1[C@@H](OC(C)=O)[C@@H](OC(=N)C(Cl)(Cl)Cl)O[C@@H]2COC(c3ccccc3)O[C@@H]12. The van der Waals surface area contributed by atoms with Gasteiger partial charge in [0.2, 0.25) is 12.2 Å². The topological polar surface area (TPSA) is 96.3 Å². The van der Waals surface area contributed by atoms with E-state index in [-0.39, 0.29) is 13.2 Å². The Bertz CT molecular complexity index is 789. The fourth-order valence-corrected chi connectivity index (χ4v) is 3.42. The first kappa shape index (κ1) is 24.3. The van der Waals surface area contributed by atoms with Gasteiger partial charge in [0.05, 0.1) is 13.2 Å². The number of alkyl halides is 3. The molecule has 1 aromatic rings. The first-order valence-electron chi connectivity index (χ1n) is 9.40. The van der Waals surface area contributed by atoms with Gasteiger partial charge in [-0.2, -0.15) is 0 Å². The van der Waals surface area contributed by atoms with E-state index >= 15 is 0 Å². The molecule has 0 aliphatic carbocycles. The zero-order valence-electron chi connectivity index (χ0n) is 16.5. The van der Waals surface area contributed by atoms with Crippen LogP contribution < -0.4 is 0 Å². The monoisotopic (exact) mass is 493 g/mol. The molecule has 170 valence electrons. The van der Waals surface area contributed by atoms with Gasteiger partial charge in [-0.05, 0) is 0 Å². The van der Waals surface area contributed by atoms with E-state index < -0.39 is 52.7 Å². The van der Waals surface area contributed by atoms with E-state index in [1.807, 2.05) is 30.3 Å². The minimum absolute atomic E-state index is 0.131. The molecule has 2 heterocycles. The molecule has 0 bridgehead atoms. The number of hydrogen-bond acceptors (Lipinski definition) is 8. The lowest BCUT2D eigenvalue weighted by Crippen LogP contribution is -2.64. The lowest BCUT2D eigenvalue weighted by molar-refractivity contribution is -0.356. The quantitative estimate of drug-likeness (QED) is 0.212. The Morgan fingerprint density at radius 3 is 2.55 bits per heavy atom. The maximum atomic E-state index is 11.8. The van der Waals surface area contributed by atoms with Crippen LogP contribution in [0.25, 0.3) is 0 Å². The number of ether oxygens (including phenoxy) is 6. The predicted octanol–water partition coefficient (Wildman–Crippen LogP) is 3.69. The highest BCUT2D eigenvalue weighted by Crippen LogP contribution is 2.38. The molecule has 8 nitrogen and oxygen atoms in total. The third kappa shape index (κ3) is 6.10. The molecule has 1 unspecified atom stereocenters. The lowest BCUT2D eigenvalue weighted by Gasteiger charge is -2.48. The zero-order chi connectivity index (χ0) is 22.6. The van der Waals surface area contributed by atoms with E-state index in [4.69, 9.17) is 68.6 Å². The van der Waals surface area contributed by atoms with E-state index in [0.717, 1.165) is 5.56 Å². The van der Waals surface area contributed by atoms with Gasteiger partial charge in [-0.25, -0.2) is 0 Å². The number of esters is 1. The van der Waals surface area contributed by atoms with Crippen molar-refractivity contribution in [1.29, 1.82) is 5.41 Å². The van der Waals surface area contributed by atoms with Crippen molar-refractivity contribution in [2.24, 2.45) is 0 Å². The number of rotatable bonds is 6. The second kappa shape index (κ2) is 10.5. The molecule has 0 saturated carbocycles. The number of carbonyl (C=O) groups is 1. The zero-order valence-corrected chi connectivity index (χ0v) is 18.8. The molecular weight excluding hydrogens is 473 g/mol. The van der Waals surface area contributed by atoms with Crippen molar-refractivity contribution in [1.82, 2.24) is 0 Å². The Morgan fingerprint density at radius 1 is 1.23 bits per heavy atom. The molecule has 31 heavy (non-hydrogen) atoms. The molecule has 11 heteroatoms. The van der Waals surface area contributed by atoms with Gasteiger partial charge in [0.1, 0.15) is 18.3 Å². The molecule has 2 fully saturated rings. The highest BCUT2D eigenvalue weighted by molar-refractivity contribution is 6.76. The van der Waals surface area contributed by atoms with E-state index in [9.17, 15) is 4.79 Å². The Kier molecular flexibility index (Phi) is 8.20.